The van der Waals surface area contributed by atoms with Crippen molar-refractivity contribution in [2.75, 3.05) is 13.7 Å². The molecule has 2 heterocycles. The number of amides is 1. The summed E-state index contributed by atoms with van der Waals surface area (Å²) in [6.45, 7) is 6.32. The Bertz CT molecular complexity index is 929. The van der Waals surface area contributed by atoms with E-state index < -0.39 is 11.8 Å². The summed E-state index contributed by atoms with van der Waals surface area (Å²) < 4.78 is 11.1. The summed E-state index contributed by atoms with van der Waals surface area (Å²) in [6, 6.07) is 21.1. The number of carbonyl (C=O) groups is 2. The fourth-order valence-electron chi connectivity index (χ4n) is 5.52. The van der Waals surface area contributed by atoms with Gasteiger partial charge in [-0.3, -0.25) is 9.69 Å². The van der Waals surface area contributed by atoms with Crippen LogP contribution in [0.1, 0.15) is 63.5 Å². The number of methoxy groups -OCH3 is 1. The molecule has 0 unspecified atom stereocenters. The first-order chi connectivity index (χ1) is 15.8. The van der Waals surface area contributed by atoms with Crippen molar-refractivity contribution in [1.29, 1.82) is 0 Å². The number of fused-ring (bicyclic) bond motifs is 1. The Labute approximate surface area is 197 Å². The highest BCUT2D eigenvalue weighted by molar-refractivity contribution is 5.94. The second kappa shape index (κ2) is 9.30. The Balaban J connectivity index is 1.50. The van der Waals surface area contributed by atoms with Gasteiger partial charge in [-0.05, 0) is 30.4 Å². The van der Waals surface area contributed by atoms with Crippen molar-refractivity contribution in [3.63, 3.8) is 0 Å². The number of rotatable bonds is 7. The van der Waals surface area contributed by atoms with Crippen LogP contribution >= 0.6 is 0 Å². The molecule has 0 aromatic heterocycles. The zero-order valence-corrected chi connectivity index (χ0v) is 20.1. The minimum absolute atomic E-state index is 0.0220. The van der Waals surface area contributed by atoms with Crippen LogP contribution in [0.3, 0.4) is 0 Å². The van der Waals surface area contributed by atoms with Crippen LogP contribution < -0.4 is 0 Å². The molecule has 2 saturated heterocycles. The van der Waals surface area contributed by atoms with Gasteiger partial charge in [-0.1, -0.05) is 87.9 Å². The standard InChI is InChI=1S/C28H35NO4/c1-27(2,3)25-29-24(30)22(18-28(29,19-33-25)26(31)32-4)16-11-17-23(20-12-7-5-8-13-20)21-14-9-6-10-15-21/h5-10,12-15,22-23,25H,11,16-19H2,1-4H3/t22-,25-,28+/m0/s1. The van der Waals surface area contributed by atoms with Gasteiger partial charge in [-0.25, -0.2) is 4.79 Å². The lowest BCUT2D eigenvalue weighted by atomic mass is 9.84. The number of nitrogens with zero attached hydrogens (tertiary/aromatic N) is 1. The lowest BCUT2D eigenvalue weighted by Gasteiger charge is -2.36. The van der Waals surface area contributed by atoms with Gasteiger partial charge >= 0.3 is 5.97 Å². The van der Waals surface area contributed by atoms with E-state index in [2.05, 4.69) is 48.5 Å². The highest BCUT2D eigenvalue weighted by Gasteiger charge is 2.64. The molecule has 2 fully saturated rings. The molecule has 2 aromatic rings. The van der Waals surface area contributed by atoms with E-state index in [9.17, 15) is 9.59 Å². The summed E-state index contributed by atoms with van der Waals surface area (Å²) in [6.07, 6.45) is 2.64. The minimum Gasteiger partial charge on any atom is -0.467 e. The van der Waals surface area contributed by atoms with Crippen molar-refractivity contribution in [3.8, 4) is 0 Å². The van der Waals surface area contributed by atoms with Crippen LogP contribution in [0.15, 0.2) is 60.7 Å². The smallest absolute Gasteiger partial charge is 0.334 e. The average Bonchev–Trinajstić information content (AvgIpc) is 3.33. The van der Waals surface area contributed by atoms with Crippen LogP contribution in [0.4, 0.5) is 0 Å². The van der Waals surface area contributed by atoms with Crippen molar-refractivity contribution in [2.24, 2.45) is 11.3 Å². The van der Waals surface area contributed by atoms with E-state index in [1.54, 1.807) is 4.90 Å². The summed E-state index contributed by atoms with van der Waals surface area (Å²) in [5.41, 5.74) is 1.29. The van der Waals surface area contributed by atoms with Crippen LogP contribution in [-0.2, 0) is 19.1 Å². The van der Waals surface area contributed by atoms with E-state index in [1.807, 2.05) is 32.9 Å². The van der Waals surface area contributed by atoms with Gasteiger partial charge in [0.25, 0.3) is 0 Å². The monoisotopic (exact) mass is 449 g/mol. The molecule has 2 aromatic carbocycles. The lowest BCUT2D eigenvalue weighted by molar-refractivity contribution is -0.158. The molecule has 5 nitrogen and oxygen atoms in total. The average molecular weight is 450 g/mol. The summed E-state index contributed by atoms with van der Waals surface area (Å²) in [7, 11) is 1.39. The van der Waals surface area contributed by atoms with E-state index in [1.165, 1.54) is 18.2 Å². The van der Waals surface area contributed by atoms with Crippen molar-refractivity contribution < 1.29 is 19.1 Å². The van der Waals surface area contributed by atoms with Gasteiger partial charge in [-0.15, -0.1) is 0 Å². The Morgan fingerprint density at radius 2 is 1.67 bits per heavy atom. The summed E-state index contributed by atoms with van der Waals surface area (Å²) >= 11 is 0. The summed E-state index contributed by atoms with van der Waals surface area (Å²) in [4.78, 5) is 28.1. The molecule has 0 N–H and O–H groups in total. The van der Waals surface area contributed by atoms with Gasteiger partial charge < -0.3 is 9.47 Å². The number of hydrogen-bond acceptors (Lipinski definition) is 4. The zero-order valence-electron chi connectivity index (χ0n) is 20.1. The van der Waals surface area contributed by atoms with Crippen LogP contribution in [0.5, 0.6) is 0 Å². The SMILES string of the molecule is COC(=O)[C@@]12CO[C@@H](C(C)(C)C)N1C(=O)[C@@H](CCCC(c1ccccc1)c1ccccc1)C2. The molecule has 5 heteroatoms. The third-order valence-electron chi connectivity index (χ3n) is 7.10. The second-order valence-corrected chi connectivity index (χ2v) is 10.5. The van der Waals surface area contributed by atoms with Crippen molar-refractivity contribution in [2.45, 2.75) is 64.1 Å². The lowest BCUT2D eigenvalue weighted by Crippen LogP contribution is -2.54. The van der Waals surface area contributed by atoms with E-state index in [0.29, 0.717) is 6.42 Å². The summed E-state index contributed by atoms with van der Waals surface area (Å²) in [5.74, 6) is -0.251. The Kier molecular flexibility index (Phi) is 6.62. The van der Waals surface area contributed by atoms with Crippen LogP contribution in [-0.4, -0.2) is 42.3 Å². The maximum Gasteiger partial charge on any atom is 0.334 e. The second-order valence-electron chi connectivity index (χ2n) is 10.5. The van der Waals surface area contributed by atoms with Gasteiger partial charge in [0.2, 0.25) is 5.91 Å². The molecule has 33 heavy (non-hydrogen) atoms. The molecular formula is C28H35NO4. The summed E-state index contributed by atoms with van der Waals surface area (Å²) in [5, 5.41) is 0. The molecule has 176 valence electrons. The number of ether oxygens (including phenoxy) is 2. The quantitative estimate of drug-likeness (QED) is 0.549. The normalized spacial score (nSPS) is 24.9. The van der Waals surface area contributed by atoms with Gasteiger partial charge in [0.1, 0.15) is 6.23 Å². The molecule has 0 radical (unpaired) electrons. The predicted octanol–water partition coefficient (Wildman–Crippen LogP) is 5.15. The van der Waals surface area contributed by atoms with Crippen LogP contribution in [0, 0.1) is 11.3 Å². The van der Waals surface area contributed by atoms with E-state index in [-0.39, 0.29) is 35.7 Å². The first kappa shape index (κ1) is 23.5. The van der Waals surface area contributed by atoms with E-state index in [0.717, 1.165) is 19.3 Å². The molecular weight excluding hydrogens is 414 g/mol. The van der Waals surface area contributed by atoms with Gasteiger partial charge in [0.15, 0.2) is 5.54 Å². The fraction of sp³-hybridized carbons (Fsp3) is 0.500. The van der Waals surface area contributed by atoms with E-state index in [4.69, 9.17) is 9.47 Å². The molecule has 0 bridgehead atoms. The largest absolute Gasteiger partial charge is 0.467 e. The maximum atomic E-state index is 13.5. The van der Waals surface area contributed by atoms with Crippen molar-refractivity contribution in [3.05, 3.63) is 71.8 Å². The topological polar surface area (TPSA) is 55.8 Å². The molecule has 0 saturated carbocycles. The van der Waals surface area contributed by atoms with Crippen molar-refractivity contribution in [1.82, 2.24) is 4.90 Å². The van der Waals surface area contributed by atoms with Crippen molar-refractivity contribution >= 4 is 11.9 Å². The molecule has 2 aliphatic rings. The Hall–Kier alpha value is -2.66. The first-order valence-corrected chi connectivity index (χ1v) is 11.9. The first-order valence-electron chi connectivity index (χ1n) is 11.9. The third kappa shape index (κ3) is 4.43. The van der Waals surface area contributed by atoms with Crippen LogP contribution in [0.25, 0.3) is 0 Å². The predicted molar refractivity (Wildman–Crippen MR) is 127 cm³/mol. The molecule has 0 aliphatic carbocycles. The Morgan fingerprint density at radius 3 is 2.18 bits per heavy atom. The zero-order chi connectivity index (χ0) is 23.6. The van der Waals surface area contributed by atoms with Gasteiger partial charge in [0, 0.05) is 17.3 Å². The number of benzene rings is 2. The molecule has 2 aliphatic heterocycles. The number of carbonyl (C=O) groups excluding carboxylic acids is 2. The fourth-order valence-corrected chi connectivity index (χ4v) is 5.52. The minimum atomic E-state index is -0.993. The van der Waals surface area contributed by atoms with Gasteiger partial charge in [-0.2, -0.15) is 0 Å². The third-order valence-corrected chi connectivity index (χ3v) is 7.10. The van der Waals surface area contributed by atoms with Crippen LogP contribution in [0.2, 0.25) is 0 Å². The number of esters is 1. The maximum absolute atomic E-state index is 13.5. The molecule has 3 atom stereocenters. The highest BCUT2D eigenvalue weighted by Crippen LogP contribution is 2.48. The van der Waals surface area contributed by atoms with Gasteiger partial charge in [0.05, 0.1) is 13.7 Å². The Morgan fingerprint density at radius 1 is 1.09 bits per heavy atom. The molecule has 0 spiro atoms. The number of hydrogen-bond donors (Lipinski definition) is 0. The highest BCUT2D eigenvalue weighted by atomic mass is 16.6. The molecule has 4 rings (SSSR count). The molecule has 1 amide bonds. The van der Waals surface area contributed by atoms with E-state index >= 15 is 0 Å².